The Morgan fingerprint density at radius 2 is 1.75 bits per heavy atom. The van der Waals surface area contributed by atoms with Gasteiger partial charge in [-0.3, -0.25) is 4.79 Å². The van der Waals surface area contributed by atoms with E-state index in [1.165, 1.54) is 0 Å². The maximum atomic E-state index is 11.0. The molecule has 0 amide bonds. The summed E-state index contributed by atoms with van der Waals surface area (Å²) in [4.78, 5) is 21.4. The van der Waals surface area contributed by atoms with Gasteiger partial charge < -0.3 is 20.0 Å². The molecule has 0 unspecified atom stereocenters. The first-order chi connectivity index (χ1) is 11.7. The lowest BCUT2D eigenvalue weighted by molar-refractivity contribution is -0.137. The number of aldehydes is 1. The molecule has 0 aliphatic carbocycles. The molecular weight excluding hydrogens is 306 g/mol. The van der Waals surface area contributed by atoms with Crippen molar-refractivity contribution in [3.8, 4) is 16.9 Å². The van der Waals surface area contributed by atoms with Crippen molar-refractivity contribution in [1.29, 1.82) is 0 Å². The van der Waals surface area contributed by atoms with Gasteiger partial charge in [0.2, 0.25) is 0 Å². The molecule has 0 bridgehead atoms. The summed E-state index contributed by atoms with van der Waals surface area (Å²) in [7, 11) is 0. The van der Waals surface area contributed by atoms with E-state index < -0.39 is 12.0 Å². The smallest absolute Gasteiger partial charge is 0.304 e. The number of carboxylic acids is 1. The Kier molecular flexibility index (Phi) is 6.98. The van der Waals surface area contributed by atoms with Gasteiger partial charge in [-0.25, -0.2) is 0 Å². The third-order valence-electron chi connectivity index (χ3n) is 3.57. The molecule has 126 valence electrons. The monoisotopic (exact) mass is 327 g/mol. The molecule has 5 heteroatoms. The highest BCUT2D eigenvalue weighted by molar-refractivity contribution is 5.67. The summed E-state index contributed by atoms with van der Waals surface area (Å²) in [6.07, 6.45) is 1.26. The molecule has 0 aromatic heterocycles. The molecular formula is C19H21NO4. The van der Waals surface area contributed by atoms with Gasteiger partial charge in [0.15, 0.2) is 0 Å². The minimum atomic E-state index is -0.887. The Balaban J connectivity index is 1.77. The topological polar surface area (TPSA) is 75.6 Å². The van der Waals surface area contributed by atoms with Crippen molar-refractivity contribution in [2.24, 2.45) is 0 Å². The molecule has 2 N–H and O–H groups in total. The van der Waals surface area contributed by atoms with Crippen LogP contribution in [0.1, 0.15) is 12.8 Å². The number of aliphatic carboxylic acids is 1. The van der Waals surface area contributed by atoms with Crippen LogP contribution in [0.15, 0.2) is 54.6 Å². The van der Waals surface area contributed by atoms with E-state index in [9.17, 15) is 9.59 Å². The number of hydrogen-bond acceptors (Lipinski definition) is 4. The van der Waals surface area contributed by atoms with Gasteiger partial charge in [0.05, 0.1) is 19.1 Å². The maximum Gasteiger partial charge on any atom is 0.304 e. The first-order valence-electron chi connectivity index (χ1n) is 7.88. The number of carbonyl (C=O) groups excluding carboxylic acids is 1. The molecule has 0 aliphatic rings. The molecule has 5 nitrogen and oxygen atoms in total. The van der Waals surface area contributed by atoms with Crippen molar-refractivity contribution in [2.75, 3.05) is 13.2 Å². The van der Waals surface area contributed by atoms with Gasteiger partial charge in [-0.2, -0.15) is 0 Å². The fourth-order valence-corrected chi connectivity index (χ4v) is 2.26. The molecule has 2 aromatic carbocycles. The van der Waals surface area contributed by atoms with Gasteiger partial charge in [-0.1, -0.05) is 42.5 Å². The van der Waals surface area contributed by atoms with E-state index in [0.717, 1.165) is 23.2 Å². The standard InChI is InChI=1S/C19H21NO4/c21-14-17(20-12-10-19(22)23)11-13-24-18-8-6-16(7-9-18)15-4-2-1-3-5-15/h1-9,14,17,20H,10-13H2,(H,22,23)/t17-/m1/s1. The van der Waals surface area contributed by atoms with Crippen LogP contribution in [0, 0.1) is 0 Å². The molecule has 0 saturated heterocycles. The third-order valence-corrected chi connectivity index (χ3v) is 3.57. The molecule has 0 saturated carbocycles. The van der Waals surface area contributed by atoms with Crippen molar-refractivity contribution in [3.63, 3.8) is 0 Å². The van der Waals surface area contributed by atoms with Crippen LogP contribution in [0.4, 0.5) is 0 Å². The van der Waals surface area contributed by atoms with Crippen LogP contribution in [0.5, 0.6) is 5.75 Å². The summed E-state index contributed by atoms with van der Waals surface area (Å²) in [6.45, 7) is 0.651. The van der Waals surface area contributed by atoms with Crippen molar-refractivity contribution < 1.29 is 19.4 Å². The van der Waals surface area contributed by atoms with Gasteiger partial charge in [-0.15, -0.1) is 0 Å². The second kappa shape index (κ2) is 9.47. The average molecular weight is 327 g/mol. The number of hydrogen-bond donors (Lipinski definition) is 2. The Hall–Kier alpha value is -2.66. The molecule has 24 heavy (non-hydrogen) atoms. The van der Waals surface area contributed by atoms with E-state index in [2.05, 4.69) is 5.32 Å². The van der Waals surface area contributed by atoms with Gasteiger partial charge in [0.1, 0.15) is 12.0 Å². The Bertz CT molecular complexity index is 640. The van der Waals surface area contributed by atoms with Crippen molar-refractivity contribution in [3.05, 3.63) is 54.6 Å². The summed E-state index contributed by atoms with van der Waals surface area (Å²) < 4.78 is 5.64. The minimum Gasteiger partial charge on any atom is -0.494 e. The molecule has 1 atom stereocenters. The second-order valence-corrected chi connectivity index (χ2v) is 5.37. The van der Waals surface area contributed by atoms with E-state index in [1.807, 2.05) is 54.6 Å². The average Bonchev–Trinajstić information content (AvgIpc) is 2.61. The third kappa shape index (κ3) is 5.85. The number of ether oxygens (including phenoxy) is 1. The van der Waals surface area contributed by atoms with E-state index in [0.29, 0.717) is 13.0 Å². The Morgan fingerprint density at radius 1 is 1.08 bits per heavy atom. The Labute approximate surface area is 141 Å². The quantitative estimate of drug-likeness (QED) is 0.656. The lowest BCUT2D eigenvalue weighted by Crippen LogP contribution is -2.33. The van der Waals surface area contributed by atoms with Gasteiger partial charge in [0.25, 0.3) is 0 Å². The first-order valence-corrected chi connectivity index (χ1v) is 7.88. The molecule has 0 radical (unpaired) electrons. The highest BCUT2D eigenvalue weighted by Gasteiger charge is 2.08. The fourth-order valence-electron chi connectivity index (χ4n) is 2.26. The summed E-state index contributed by atoms with van der Waals surface area (Å²) in [5, 5.41) is 11.5. The highest BCUT2D eigenvalue weighted by atomic mass is 16.5. The molecule has 0 fully saturated rings. The molecule has 0 spiro atoms. The number of carbonyl (C=O) groups is 2. The molecule has 0 aliphatic heterocycles. The van der Waals surface area contributed by atoms with E-state index in [-0.39, 0.29) is 13.0 Å². The summed E-state index contributed by atoms with van der Waals surface area (Å²) in [5.41, 5.74) is 2.26. The summed E-state index contributed by atoms with van der Waals surface area (Å²) in [5.74, 6) is -0.147. The minimum absolute atomic E-state index is 0.00779. The van der Waals surface area contributed by atoms with Crippen molar-refractivity contribution in [2.45, 2.75) is 18.9 Å². The van der Waals surface area contributed by atoms with Crippen LogP contribution in [-0.4, -0.2) is 36.6 Å². The SMILES string of the molecule is O=C[C@@H](CCOc1ccc(-c2ccccc2)cc1)NCCC(=O)O. The maximum absolute atomic E-state index is 11.0. The second-order valence-electron chi connectivity index (χ2n) is 5.37. The molecule has 2 rings (SSSR count). The fraction of sp³-hybridized carbons (Fsp3) is 0.263. The number of carboxylic acid groups (broad SMARTS) is 1. The van der Waals surface area contributed by atoms with E-state index in [4.69, 9.17) is 9.84 Å². The van der Waals surface area contributed by atoms with Crippen LogP contribution >= 0.6 is 0 Å². The summed E-state index contributed by atoms with van der Waals surface area (Å²) >= 11 is 0. The predicted molar refractivity (Wildman–Crippen MR) is 92.1 cm³/mol. The van der Waals surface area contributed by atoms with Crippen molar-refractivity contribution in [1.82, 2.24) is 5.32 Å². The number of rotatable bonds is 10. The van der Waals surface area contributed by atoms with Crippen molar-refractivity contribution >= 4 is 12.3 Å². The van der Waals surface area contributed by atoms with Crippen LogP contribution in [0.25, 0.3) is 11.1 Å². The van der Waals surface area contributed by atoms with E-state index >= 15 is 0 Å². The van der Waals surface area contributed by atoms with Gasteiger partial charge in [-0.05, 0) is 23.3 Å². The largest absolute Gasteiger partial charge is 0.494 e. The first kappa shape index (κ1) is 17.7. The zero-order chi connectivity index (χ0) is 17.2. The zero-order valence-corrected chi connectivity index (χ0v) is 13.4. The van der Waals surface area contributed by atoms with Crippen LogP contribution < -0.4 is 10.1 Å². The van der Waals surface area contributed by atoms with Crippen LogP contribution in [0.2, 0.25) is 0 Å². The van der Waals surface area contributed by atoms with Crippen LogP contribution in [0.3, 0.4) is 0 Å². The lowest BCUT2D eigenvalue weighted by atomic mass is 10.1. The van der Waals surface area contributed by atoms with Gasteiger partial charge in [0, 0.05) is 13.0 Å². The highest BCUT2D eigenvalue weighted by Crippen LogP contribution is 2.22. The predicted octanol–water partition coefficient (Wildman–Crippen LogP) is 2.75. The normalized spacial score (nSPS) is 11.7. The van der Waals surface area contributed by atoms with E-state index in [1.54, 1.807) is 0 Å². The Morgan fingerprint density at radius 3 is 2.38 bits per heavy atom. The number of nitrogens with one attached hydrogen (secondary N) is 1. The summed E-state index contributed by atoms with van der Waals surface area (Å²) in [6, 6.07) is 17.5. The molecule has 2 aromatic rings. The zero-order valence-electron chi connectivity index (χ0n) is 13.4. The van der Waals surface area contributed by atoms with Gasteiger partial charge >= 0.3 is 5.97 Å². The lowest BCUT2D eigenvalue weighted by Gasteiger charge is -2.13. The molecule has 0 heterocycles. The number of benzene rings is 2. The van der Waals surface area contributed by atoms with Crippen LogP contribution in [-0.2, 0) is 9.59 Å².